The number of rotatable bonds is 3. The normalized spacial score (nSPS) is 10.7. The topological polar surface area (TPSA) is 0 Å². The van der Waals surface area contributed by atoms with Gasteiger partial charge in [0.15, 0.2) is 0 Å². The molecule has 0 saturated carbocycles. The largest absolute Gasteiger partial charge is 0.0985 e. The molecule has 0 aliphatic heterocycles. The molecule has 0 atom stereocenters. The molecule has 0 nitrogen and oxygen atoms in total. The van der Waals surface area contributed by atoms with Crippen LogP contribution in [0.2, 0.25) is 0 Å². The van der Waals surface area contributed by atoms with E-state index in [2.05, 4.69) is 45.4 Å². The van der Waals surface area contributed by atoms with Crippen LogP contribution in [0.4, 0.5) is 0 Å². The first kappa shape index (κ1) is 35.4. The van der Waals surface area contributed by atoms with Crippen molar-refractivity contribution in [1.82, 2.24) is 0 Å². The van der Waals surface area contributed by atoms with E-state index in [0.717, 1.165) is 28.9 Å². The molecule has 0 fully saturated rings. The Bertz CT molecular complexity index is 739. The van der Waals surface area contributed by atoms with Crippen molar-refractivity contribution in [3.63, 3.8) is 0 Å². The zero-order chi connectivity index (χ0) is 24.9. The van der Waals surface area contributed by atoms with Gasteiger partial charge in [-0.2, -0.15) is 0 Å². The van der Waals surface area contributed by atoms with E-state index < -0.39 is 0 Å². The number of hydrogen-bond acceptors (Lipinski definition) is 0. The summed E-state index contributed by atoms with van der Waals surface area (Å²) in [5, 5.41) is 2.21. The minimum atomic E-state index is 1.02. The summed E-state index contributed by atoms with van der Waals surface area (Å²) in [6.07, 6.45) is 10.2. The van der Waals surface area contributed by atoms with Crippen molar-refractivity contribution in [2.75, 3.05) is 0 Å². The van der Waals surface area contributed by atoms with Crippen LogP contribution in [-0.4, -0.2) is 0 Å². The van der Waals surface area contributed by atoms with Crippen molar-refractivity contribution < 1.29 is 0 Å². The molecule has 30 heavy (non-hydrogen) atoms. The van der Waals surface area contributed by atoms with E-state index in [4.69, 9.17) is 0 Å². The molecule has 1 aromatic carbocycles. The summed E-state index contributed by atoms with van der Waals surface area (Å²) >= 11 is 0. The Balaban J connectivity index is -0.000000296. The fraction of sp³-hybridized carbons (Fsp3) is 0.467. The maximum absolute atomic E-state index is 4.34. The monoisotopic (exact) mass is 412 g/mol. The molecule has 0 amide bonds. The second-order valence-electron chi connectivity index (χ2n) is 5.16. The molecule has 0 saturated heterocycles. The molecule has 1 aliphatic carbocycles. The van der Waals surface area contributed by atoms with Gasteiger partial charge in [0, 0.05) is 0 Å². The Morgan fingerprint density at radius 1 is 0.833 bits per heavy atom. The molecule has 0 radical (unpaired) electrons. The van der Waals surface area contributed by atoms with Crippen LogP contribution in [0.5, 0.6) is 0 Å². The maximum Gasteiger partial charge on any atom is -0.00797 e. The minimum Gasteiger partial charge on any atom is -0.0985 e. The molecule has 1 aromatic rings. The Morgan fingerprint density at radius 3 is 1.67 bits per heavy atom. The predicted octanol–water partition coefficient (Wildman–Crippen LogP) is 9.05. The summed E-state index contributed by atoms with van der Waals surface area (Å²) in [4.78, 5) is 0. The average Bonchev–Trinajstić information content (AvgIpc) is 2.86. The minimum absolute atomic E-state index is 1.02. The van der Waals surface area contributed by atoms with E-state index >= 15 is 0 Å². The molecule has 0 heterocycles. The Hall–Kier alpha value is -2.08. The summed E-state index contributed by atoms with van der Waals surface area (Å²) in [6.45, 7) is 40.7. The molecular formula is C30H52. The third-order valence-corrected chi connectivity index (χ3v) is 4.18. The molecule has 2 rings (SSSR count). The SMILES string of the molecule is C=CC1=CCCc2c1c(=C)c(C)c(/C(C=C)=C\C)c2=C.CC.CC.CC.CC.CC. The third kappa shape index (κ3) is 9.16. The van der Waals surface area contributed by atoms with E-state index in [1.165, 1.54) is 27.8 Å². The zero-order valence-electron chi connectivity index (χ0n) is 22.6. The molecular weight excluding hydrogens is 360 g/mol. The van der Waals surface area contributed by atoms with Crippen LogP contribution in [-0.2, 0) is 6.42 Å². The standard InChI is InChI=1S/C20H22.5C2H6/c1-7-16(8-2)19-13(4)14(5)20-17(9-3)11-10-12-18(20)15(19)6;5*1-2/h7-9,11H,1,3,5-6,10,12H2,2,4H3;5*1-2H3/b16-8-;;;;;. The second-order valence-corrected chi connectivity index (χ2v) is 5.16. The predicted molar refractivity (Wildman–Crippen MR) is 149 cm³/mol. The summed E-state index contributed by atoms with van der Waals surface area (Å²) in [5.41, 5.74) is 7.26. The highest BCUT2D eigenvalue weighted by Gasteiger charge is 2.17. The average molecular weight is 413 g/mol. The van der Waals surface area contributed by atoms with Crippen molar-refractivity contribution in [2.45, 2.75) is 95.9 Å². The number of allylic oxidation sites excluding steroid dienone is 6. The Morgan fingerprint density at radius 2 is 1.30 bits per heavy atom. The van der Waals surface area contributed by atoms with Gasteiger partial charge in [0.2, 0.25) is 0 Å². The van der Waals surface area contributed by atoms with Crippen LogP contribution in [0.3, 0.4) is 0 Å². The number of fused-ring (bicyclic) bond motifs is 1. The van der Waals surface area contributed by atoms with Gasteiger partial charge in [0.05, 0.1) is 0 Å². The van der Waals surface area contributed by atoms with Crippen molar-refractivity contribution in [2.24, 2.45) is 0 Å². The van der Waals surface area contributed by atoms with Crippen molar-refractivity contribution >= 4 is 24.3 Å². The summed E-state index contributed by atoms with van der Waals surface area (Å²) in [6, 6.07) is 0. The molecule has 0 aromatic heterocycles. The highest BCUT2D eigenvalue weighted by Crippen LogP contribution is 2.25. The van der Waals surface area contributed by atoms with Crippen LogP contribution in [0.25, 0.3) is 24.3 Å². The van der Waals surface area contributed by atoms with Crippen molar-refractivity contribution in [3.8, 4) is 0 Å². The number of benzene rings is 1. The van der Waals surface area contributed by atoms with E-state index in [-0.39, 0.29) is 0 Å². The molecule has 172 valence electrons. The Kier molecular flexibility index (Phi) is 27.3. The summed E-state index contributed by atoms with van der Waals surface area (Å²) < 4.78 is 0. The lowest BCUT2D eigenvalue weighted by molar-refractivity contribution is 0.961. The van der Waals surface area contributed by atoms with E-state index in [1.807, 2.05) is 88.3 Å². The molecule has 0 unspecified atom stereocenters. The molecule has 0 spiro atoms. The van der Waals surface area contributed by atoms with Crippen LogP contribution in [0.15, 0.2) is 37.5 Å². The van der Waals surface area contributed by atoms with Crippen LogP contribution in [0.1, 0.15) is 105 Å². The first-order chi connectivity index (χ1) is 14.6. The molecule has 1 aliphatic rings. The van der Waals surface area contributed by atoms with Gasteiger partial charge < -0.3 is 0 Å². The molecule has 0 N–H and O–H groups in total. The van der Waals surface area contributed by atoms with Gasteiger partial charge in [-0.3, -0.25) is 0 Å². The highest BCUT2D eigenvalue weighted by molar-refractivity contribution is 5.83. The van der Waals surface area contributed by atoms with E-state index in [1.54, 1.807) is 0 Å². The van der Waals surface area contributed by atoms with Gasteiger partial charge in [0.25, 0.3) is 0 Å². The fourth-order valence-corrected chi connectivity index (χ4v) is 3.09. The van der Waals surface area contributed by atoms with Gasteiger partial charge in [-0.25, -0.2) is 0 Å². The lowest BCUT2D eigenvalue weighted by atomic mass is 9.82. The van der Waals surface area contributed by atoms with E-state index in [0.29, 0.717) is 0 Å². The van der Waals surface area contributed by atoms with Gasteiger partial charge in [-0.15, -0.1) is 0 Å². The van der Waals surface area contributed by atoms with Crippen LogP contribution >= 0.6 is 0 Å². The number of hydrogen-bond donors (Lipinski definition) is 0. The van der Waals surface area contributed by atoms with Gasteiger partial charge in [-0.1, -0.05) is 120 Å². The third-order valence-electron chi connectivity index (χ3n) is 4.18. The fourth-order valence-electron chi connectivity index (χ4n) is 3.09. The van der Waals surface area contributed by atoms with Gasteiger partial charge in [0.1, 0.15) is 0 Å². The van der Waals surface area contributed by atoms with Gasteiger partial charge in [-0.05, 0) is 70.5 Å². The first-order valence-electron chi connectivity index (χ1n) is 12.0. The smallest absolute Gasteiger partial charge is 0.00797 e. The van der Waals surface area contributed by atoms with Crippen molar-refractivity contribution in [3.05, 3.63) is 70.2 Å². The van der Waals surface area contributed by atoms with Gasteiger partial charge >= 0.3 is 0 Å². The Labute approximate surface area is 190 Å². The summed E-state index contributed by atoms with van der Waals surface area (Å²) in [7, 11) is 0. The first-order valence-corrected chi connectivity index (χ1v) is 12.0. The second kappa shape index (κ2) is 23.2. The molecule has 0 bridgehead atoms. The lowest BCUT2D eigenvalue weighted by Gasteiger charge is -2.21. The maximum atomic E-state index is 4.34. The van der Waals surface area contributed by atoms with Crippen LogP contribution < -0.4 is 10.4 Å². The van der Waals surface area contributed by atoms with Crippen LogP contribution in [0, 0.1) is 6.92 Å². The lowest BCUT2D eigenvalue weighted by Crippen LogP contribution is -2.28. The zero-order valence-corrected chi connectivity index (χ0v) is 22.6. The van der Waals surface area contributed by atoms with E-state index in [9.17, 15) is 0 Å². The highest BCUT2D eigenvalue weighted by atomic mass is 14.2. The quantitative estimate of drug-likeness (QED) is 0.434. The van der Waals surface area contributed by atoms with Crippen molar-refractivity contribution in [1.29, 1.82) is 0 Å². The molecule has 0 heteroatoms. The summed E-state index contributed by atoms with van der Waals surface area (Å²) in [5.74, 6) is 0.